The van der Waals surface area contributed by atoms with Gasteiger partial charge in [0.25, 0.3) is 0 Å². The molecule has 1 aromatic carbocycles. The molecule has 0 bridgehead atoms. The average Bonchev–Trinajstić information content (AvgIpc) is 2.42. The van der Waals surface area contributed by atoms with E-state index in [-0.39, 0.29) is 0 Å². The van der Waals surface area contributed by atoms with Gasteiger partial charge in [-0.15, -0.1) is 0 Å². The first kappa shape index (κ1) is 14.1. The quantitative estimate of drug-likeness (QED) is 0.900. The molecule has 100 valence electrons. The first-order chi connectivity index (χ1) is 8.60. The lowest BCUT2D eigenvalue weighted by atomic mass is 9.75. The van der Waals surface area contributed by atoms with Crippen molar-refractivity contribution < 1.29 is 9.84 Å². The second-order valence-electron chi connectivity index (χ2n) is 4.77. The first-order valence-electron chi connectivity index (χ1n) is 6.00. The Morgan fingerprint density at radius 2 is 2.22 bits per heavy atom. The molecule has 0 aromatic heterocycles. The third-order valence-electron chi connectivity index (χ3n) is 3.62. The topological polar surface area (TPSA) is 55.5 Å². The summed E-state index contributed by atoms with van der Waals surface area (Å²) in [6.07, 6.45) is 0.967. The molecule has 0 spiro atoms. The molecule has 2 rings (SSSR count). The van der Waals surface area contributed by atoms with E-state index in [0.717, 1.165) is 19.4 Å². The molecule has 1 fully saturated rings. The molecule has 3 nitrogen and oxygen atoms in total. The molecule has 1 aliphatic rings. The predicted octanol–water partition coefficient (Wildman–Crippen LogP) is 2.78. The highest BCUT2D eigenvalue weighted by atomic mass is 35.5. The Hall–Kier alpha value is -0.320. The number of hydrogen-bond acceptors (Lipinski definition) is 3. The largest absolute Gasteiger partial charge is 0.388 e. The fourth-order valence-electron chi connectivity index (χ4n) is 2.42. The van der Waals surface area contributed by atoms with Gasteiger partial charge in [-0.2, -0.15) is 0 Å². The lowest BCUT2D eigenvalue weighted by Gasteiger charge is -2.40. The van der Waals surface area contributed by atoms with Gasteiger partial charge in [-0.25, -0.2) is 0 Å². The Morgan fingerprint density at radius 1 is 1.44 bits per heavy atom. The third kappa shape index (κ3) is 2.51. The number of halogens is 2. The highest BCUT2D eigenvalue weighted by molar-refractivity contribution is 6.42. The average molecular weight is 290 g/mol. The molecule has 0 saturated carbocycles. The molecule has 3 N–H and O–H groups in total. The van der Waals surface area contributed by atoms with Crippen LogP contribution in [0.25, 0.3) is 0 Å². The number of benzene rings is 1. The summed E-state index contributed by atoms with van der Waals surface area (Å²) in [7, 11) is 0. The van der Waals surface area contributed by atoms with Crippen molar-refractivity contribution in [2.24, 2.45) is 11.1 Å². The van der Waals surface area contributed by atoms with Gasteiger partial charge < -0.3 is 15.6 Å². The minimum atomic E-state index is -0.756. The van der Waals surface area contributed by atoms with Crippen LogP contribution in [0, 0.1) is 5.41 Å². The summed E-state index contributed by atoms with van der Waals surface area (Å²) in [6.45, 7) is 1.53. The Kier molecular flexibility index (Phi) is 4.51. The summed E-state index contributed by atoms with van der Waals surface area (Å²) in [5, 5.41) is 11.4. The van der Waals surface area contributed by atoms with Crippen molar-refractivity contribution in [2.45, 2.75) is 18.9 Å². The van der Waals surface area contributed by atoms with Gasteiger partial charge in [0.2, 0.25) is 0 Å². The summed E-state index contributed by atoms with van der Waals surface area (Å²) >= 11 is 12.1. The standard InChI is InChI=1S/C13H17Cl2NO2/c14-10-4-1-3-9(11(10)15)12(17)13(7-16)5-2-6-18-8-13/h1,3-4,12,17H,2,5-8,16H2. The number of aliphatic hydroxyl groups is 1. The third-order valence-corrected chi connectivity index (χ3v) is 4.45. The van der Waals surface area contributed by atoms with E-state index >= 15 is 0 Å². The molecule has 2 unspecified atom stereocenters. The van der Waals surface area contributed by atoms with E-state index < -0.39 is 11.5 Å². The van der Waals surface area contributed by atoms with Crippen molar-refractivity contribution in [1.82, 2.24) is 0 Å². The summed E-state index contributed by atoms with van der Waals surface area (Å²) < 4.78 is 5.47. The van der Waals surface area contributed by atoms with Crippen LogP contribution in [0.15, 0.2) is 18.2 Å². The summed E-state index contributed by atoms with van der Waals surface area (Å²) in [4.78, 5) is 0. The van der Waals surface area contributed by atoms with E-state index in [1.807, 2.05) is 0 Å². The van der Waals surface area contributed by atoms with Crippen molar-refractivity contribution in [2.75, 3.05) is 19.8 Å². The second kappa shape index (κ2) is 5.76. The Bertz CT molecular complexity index is 419. The summed E-state index contributed by atoms with van der Waals surface area (Å²) in [6, 6.07) is 5.26. The van der Waals surface area contributed by atoms with Gasteiger partial charge in [-0.1, -0.05) is 35.3 Å². The van der Waals surface area contributed by atoms with E-state index in [0.29, 0.717) is 28.8 Å². The number of aliphatic hydroxyl groups excluding tert-OH is 1. The molecular formula is C13H17Cl2NO2. The van der Waals surface area contributed by atoms with Crippen LogP contribution in [0.3, 0.4) is 0 Å². The van der Waals surface area contributed by atoms with E-state index in [1.165, 1.54) is 0 Å². The molecule has 2 atom stereocenters. The summed E-state index contributed by atoms with van der Waals surface area (Å²) in [5.74, 6) is 0. The molecule has 0 aliphatic carbocycles. The summed E-state index contributed by atoms with van der Waals surface area (Å²) in [5.41, 5.74) is 6.01. The number of ether oxygens (including phenoxy) is 1. The minimum Gasteiger partial charge on any atom is -0.388 e. The molecule has 1 saturated heterocycles. The lowest BCUT2D eigenvalue weighted by Crippen LogP contribution is -2.43. The molecule has 1 heterocycles. The van der Waals surface area contributed by atoms with Gasteiger partial charge in [0.15, 0.2) is 0 Å². The molecule has 0 amide bonds. The zero-order valence-electron chi connectivity index (χ0n) is 10.0. The van der Waals surface area contributed by atoms with E-state index in [9.17, 15) is 5.11 Å². The molecule has 1 aliphatic heterocycles. The lowest BCUT2D eigenvalue weighted by molar-refractivity contribution is -0.0781. The van der Waals surface area contributed by atoms with E-state index in [4.69, 9.17) is 33.7 Å². The zero-order valence-corrected chi connectivity index (χ0v) is 11.5. The van der Waals surface area contributed by atoms with Crippen molar-refractivity contribution in [1.29, 1.82) is 0 Å². The second-order valence-corrected chi connectivity index (χ2v) is 5.55. The van der Waals surface area contributed by atoms with Crippen LogP contribution in [0.4, 0.5) is 0 Å². The van der Waals surface area contributed by atoms with Gasteiger partial charge in [0.05, 0.1) is 22.8 Å². The highest BCUT2D eigenvalue weighted by Gasteiger charge is 2.40. The normalized spacial score (nSPS) is 26.0. The Balaban J connectivity index is 2.33. The molecular weight excluding hydrogens is 273 g/mol. The fourth-order valence-corrected chi connectivity index (χ4v) is 2.83. The smallest absolute Gasteiger partial charge is 0.0895 e. The van der Waals surface area contributed by atoms with Crippen LogP contribution in [0.2, 0.25) is 10.0 Å². The van der Waals surface area contributed by atoms with Gasteiger partial charge in [-0.3, -0.25) is 0 Å². The van der Waals surface area contributed by atoms with Crippen molar-refractivity contribution >= 4 is 23.2 Å². The predicted molar refractivity (Wildman–Crippen MR) is 73.0 cm³/mol. The monoisotopic (exact) mass is 289 g/mol. The molecule has 1 aromatic rings. The van der Waals surface area contributed by atoms with Crippen molar-refractivity contribution in [3.63, 3.8) is 0 Å². The maximum absolute atomic E-state index is 10.6. The number of rotatable bonds is 3. The van der Waals surface area contributed by atoms with Crippen LogP contribution in [0.5, 0.6) is 0 Å². The first-order valence-corrected chi connectivity index (χ1v) is 6.76. The number of nitrogens with two attached hydrogens (primary N) is 1. The van der Waals surface area contributed by atoms with Crippen LogP contribution in [-0.4, -0.2) is 24.9 Å². The van der Waals surface area contributed by atoms with E-state index in [1.54, 1.807) is 18.2 Å². The van der Waals surface area contributed by atoms with Crippen LogP contribution >= 0.6 is 23.2 Å². The molecule has 5 heteroatoms. The van der Waals surface area contributed by atoms with Crippen LogP contribution in [-0.2, 0) is 4.74 Å². The molecule has 0 radical (unpaired) electrons. The Morgan fingerprint density at radius 3 is 2.83 bits per heavy atom. The maximum Gasteiger partial charge on any atom is 0.0895 e. The minimum absolute atomic E-state index is 0.358. The number of hydrogen-bond donors (Lipinski definition) is 2. The van der Waals surface area contributed by atoms with Crippen molar-refractivity contribution in [3.8, 4) is 0 Å². The van der Waals surface area contributed by atoms with Gasteiger partial charge in [0, 0.05) is 24.1 Å². The van der Waals surface area contributed by atoms with Crippen LogP contribution < -0.4 is 5.73 Å². The van der Waals surface area contributed by atoms with Gasteiger partial charge in [0.1, 0.15) is 0 Å². The zero-order chi connectivity index (χ0) is 13.2. The molecule has 18 heavy (non-hydrogen) atoms. The maximum atomic E-state index is 10.6. The van der Waals surface area contributed by atoms with Crippen LogP contribution in [0.1, 0.15) is 24.5 Å². The van der Waals surface area contributed by atoms with Gasteiger partial charge in [-0.05, 0) is 18.9 Å². The van der Waals surface area contributed by atoms with Gasteiger partial charge >= 0.3 is 0 Å². The Labute approximate surface area is 117 Å². The van der Waals surface area contributed by atoms with E-state index in [2.05, 4.69) is 0 Å². The fraction of sp³-hybridized carbons (Fsp3) is 0.538. The SMILES string of the molecule is NCC1(C(O)c2cccc(Cl)c2Cl)CCCOC1. The van der Waals surface area contributed by atoms with Crippen molar-refractivity contribution in [3.05, 3.63) is 33.8 Å². The highest BCUT2D eigenvalue weighted by Crippen LogP contribution is 2.43.